The zero-order valence-electron chi connectivity index (χ0n) is 16.7. The predicted molar refractivity (Wildman–Crippen MR) is 126 cm³/mol. The molecular weight excluding hydrogens is 429 g/mol. The van der Waals surface area contributed by atoms with E-state index in [1.165, 1.54) is 5.56 Å². The summed E-state index contributed by atoms with van der Waals surface area (Å²) in [6.45, 7) is 4.12. The average Bonchev–Trinajstić information content (AvgIpc) is 2.71. The van der Waals surface area contributed by atoms with Gasteiger partial charge in [-0.2, -0.15) is 0 Å². The first-order valence-corrected chi connectivity index (χ1v) is 10.0. The Bertz CT molecular complexity index is 737. The molecule has 1 heterocycles. The quantitative estimate of drug-likeness (QED) is 0.624. The molecular formula is C22H30Cl3N3O. The van der Waals surface area contributed by atoms with E-state index in [4.69, 9.17) is 11.6 Å². The molecule has 2 aromatic rings. The molecule has 0 spiro atoms. The van der Waals surface area contributed by atoms with E-state index in [-0.39, 0.29) is 36.8 Å². The standard InChI is InChI=1S/C22H28ClN3O.2ClH/c1-24-13-7-12-21(27)25-14-16-26(17-15-25)22(18-8-3-2-4-9-18)19-10-5-6-11-20(19)23;;/h2-6,8-11,22,24H,7,12-17H2,1H3;2*1H. The fourth-order valence-electron chi connectivity index (χ4n) is 3.72. The van der Waals surface area contributed by atoms with Crippen molar-refractivity contribution in [3.8, 4) is 0 Å². The second kappa shape index (κ2) is 13.1. The number of nitrogens with one attached hydrogen (secondary N) is 1. The normalized spacial score (nSPS) is 15.2. The molecule has 160 valence electrons. The molecule has 0 bridgehead atoms. The number of carbonyl (C=O) groups excluding carboxylic acids is 1. The summed E-state index contributed by atoms with van der Waals surface area (Å²) in [7, 11) is 1.92. The molecule has 0 aliphatic carbocycles. The van der Waals surface area contributed by atoms with E-state index in [0.717, 1.165) is 49.7 Å². The largest absolute Gasteiger partial charge is 0.340 e. The highest BCUT2D eigenvalue weighted by atomic mass is 35.5. The van der Waals surface area contributed by atoms with Gasteiger partial charge in [-0.1, -0.05) is 60.1 Å². The third kappa shape index (κ3) is 6.87. The zero-order valence-corrected chi connectivity index (χ0v) is 19.1. The topological polar surface area (TPSA) is 35.6 Å². The summed E-state index contributed by atoms with van der Waals surface area (Å²) in [5.41, 5.74) is 2.36. The van der Waals surface area contributed by atoms with Gasteiger partial charge in [0, 0.05) is 37.6 Å². The molecule has 1 fully saturated rings. The number of amides is 1. The molecule has 1 aliphatic heterocycles. The van der Waals surface area contributed by atoms with E-state index in [9.17, 15) is 4.79 Å². The summed E-state index contributed by atoms with van der Waals surface area (Å²) in [6, 6.07) is 18.7. The molecule has 0 aromatic heterocycles. The number of piperazine rings is 1. The minimum Gasteiger partial charge on any atom is -0.340 e. The molecule has 1 unspecified atom stereocenters. The lowest BCUT2D eigenvalue weighted by Gasteiger charge is -2.40. The van der Waals surface area contributed by atoms with Crippen molar-refractivity contribution in [1.29, 1.82) is 0 Å². The first-order chi connectivity index (χ1) is 13.2. The average molecular weight is 459 g/mol. The minimum absolute atomic E-state index is 0. The summed E-state index contributed by atoms with van der Waals surface area (Å²) in [6.07, 6.45) is 1.51. The summed E-state index contributed by atoms with van der Waals surface area (Å²) < 4.78 is 0. The van der Waals surface area contributed by atoms with Gasteiger partial charge in [0.1, 0.15) is 0 Å². The van der Waals surface area contributed by atoms with Gasteiger partial charge in [-0.3, -0.25) is 9.69 Å². The van der Waals surface area contributed by atoms with Crippen LogP contribution in [0.4, 0.5) is 0 Å². The minimum atomic E-state index is 0. The number of hydrogen-bond donors (Lipinski definition) is 1. The third-order valence-electron chi connectivity index (χ3n) is 5.16. The van der Waals surface area contributed by atoms with Gasteiger partial charge in [0.2, 0.25) is 5.91 Å². The molecule has 29 heavy (non-hydrogen) atoms. The van der Waals surface area contributed by atoms with Gasteiger partial charge in [-0.25, -0.2) is 0 Å². The lowest BCUT2D eigenvalue weighted by molar-refractivity contribution is -0.133. The molecule has 0 saturated carbocycles. The Labute approximate surface area is 191 Å². The van der Waals surface area contributed by atoms with E-state index in [2.05, 4.69) is 40.5 Å². The van der Waals surface area contributed by atoms with Crippen molar-refractivity contribution < 1.29 is 4.79 Å². The van der Waals surface area contributed by atoms with Gasteiger partial charge in [0.05, 0.1) is 6.04 Å². The Hall–Kier alpha value is -1.30. The van der Waals surface area contributed by atoms with Crippen LogP contribution in [-0.4, -0.2) is 55.5 Å². The van der Waals surface area contributed by atoms with Crippen molar-refractivity contribution in [3.05, 3.63) is 70.7 Å². The maximum atomic E-state index is 12.4. The highest BCUT2D eigenvalue weighted by Crippen LogP contribution is 2.33. The summed E-state index contributed by atoms with van der Waals surface area (Å²) in [4.78, 5) is 16.8. The van der Waals surface area contributed by atoms with Crippen LogP contribution < -0.4 is 5.32 Å². The Morgan fingerprint density at radius 3 is 2.24 bits per heavy atom. The number of hydrogen-bond acceptors (Lipinski definition) is 3. The Morgan fingerprint density at radius 1 is 1.00 bits per heavy atom. The number of benzene rings is 2. The van der Waals surface area contributed by atoms with Crippen LogP contribution in [0.3, 0.4) is 0 Å². The summed E-state index contributed by atoms with van der Waals surface area (Å²) >= 11 is 6.54. The fourth-order valence-corrected chi connectivity index (χ4v) is 3.96. The fraction of sp³-hybridized carbons (Fsp3) is 0.409. The van der Waals surface area contributed by atoms with E-state index >= 15 is 0 Å². The monoisotopic (exact) mass is 457 g/mol. The van der Waals surface area contributed by atoms with Crippen LogP contribution in [0.1, 0.15) is 30.0 Å². The van der Waals surface area contributed by atoms with E-state index < -0.39 is 0 Å². The SMILES string of the molecule is CNCCCC(=O)N1CCN(C(c2ccccc2)c2ccccc2Cl)CC1.Cl.Cl. The van der Waals surface area contributed by atoms with E-state index in [1.807, 2.05) is 36.2 Å². The van der Waals surface area contributed by atoms with Gasteiger partial charge < -0.3 is 10.2 Å². The van der Waals surface area contributed by atoms with Crippen LogP contribution >= 0.6 is 36.4 Å². The smallest absolute Gasteiger partial charge is 0.222 e. The lowest BCUT2D eigenvalue weighted by atomic mass is 9.96. The van der Waals surface area contributed by atoms with Gasteiger partial charge >= 0.3 is 0 Å². The molecule has 0 radical (unpaired) electrons. The predicted octanol–water partition coefficient (Wildman–Crippen LogP) is 4.42. The van der Waals surface area contributed by atoms with Crippen molar-refractivity contribution in [2.24, 2.45) is 0 Å². The molecule has 3 rings (SSSR count). The maximum Gasteiger partial charge on any atom is 0.222 e. The van der Waals surface area contributed by atoms with E-state index in [1.54, 1.807) is 0 Å². The molecule has 1 aliphatic rings. The van der Waals surface area contributed by atoms with Crippen LogP contribution in [0, 0.1) is 0 Å². The van der Waals surface area contributed by atoms with Crippen LogP contribution in [0.5, 0.6) is 0 Å². The van der Waals surface area contributed by atoms with Crippen LogP contribution in [0.25, 0.3) is 0 Å². The third-order valence-corrected chi connectivity index (χ3v) is 5.51. The molecule has 1 atom stereocenters. The zero-order chi connectivity index (χ0) is 19.1. The molecule has 1 N–H and O–H groups in total. The van der Waals surface area contributed by atoms with Gasteiger partial charge in [0.25, 0.3) is 0 Å². The molecule has 7 heteroatoms. The second-order valence-electron chi connectivity index (χ2n) is 6.96. The van der Waals surface area contributed by atoms with E-state index in [0.29, 0.717) is 6.42 Å². The molecule has 1 saturated heterocycles. The first kappa shape index (κ1) is 25.7. The number of carbonyl (C=O) groups is 1. The molecule has 1 amide bonds. The first-order valence-electron chi connectivity index (χ1n) is 9.66. The van der Waals surface area contributed by atoms with Crippen molar-refractivity contribution in [1.82, 2.24) is 15.1 Å². The van der Waals surface area contributed by atoms with Crippen molar-refractivity contribution >= 4 is 42.3 Å². The second-order valence-corrected chi connectivity index (χ2v) is 7.37. The van der Waals surface area contributed by atoms with Crippen LogP contribution in [0.2, 0.25) is 5.02 Å². The van der Waals surface area contributed by atoms with Gasteiger partial charge in [0.15, 0.2) is 0 Å². The highest BCUT2D eigenvalue weighted by molar-refractivity contribution is 6.31. The number of halogens is 3. The Kier molecular flexibility index (Phi) is 11.6. The highest BCUT2D eigenvalue weighted by Gasteiger charge is 2.28. The Morgan fingerprint density at radius 2 is 1.62 bits per heavy atom. The van der Waals surface area contributed by atoms with Gasteiger partial charge in [-0.05, 0) is 37.2 Å². The van der Waals surface area contributed by atoms with Crippen LogP contribution in [0.15, 0.2) is 54.6 Å². The van der Waals surface area contributed by atoms with Crippen molar-refractivity contribution in [2.45, 2.75) is 18.9 Å². The van der Waals surface area contributed by atoms with Crippen LogP contribution in [-0.2, 0) is 4.79 Å². The molecule has 2 aromatic carbocycles. The summed E-state index contributed by atoms with van der Waals surface area (Å²) in [5, 5.41) is 3.89. The van der Waals surface area contributed by atoms with Gasteiger partial charge in [-0.15, -0.1) is 24.8 Å². The summed E-state index contributed by atoms with van der Waals surface area (Å²) in [5.74, 6) is 0.263. The Balaban J connectivity index is 0.00000210. The number of rotatable bonds is 7. The van der Waals surface area contributed by atoms with Crippen molar-refractivity contribution in [2.75, 3.05) is 39.8 Å². The number of nitrogens with zero attached hydrogens (tertiary/aromatic N) is 2. The van der Waals surface area contributed by atoms with Crippen molar-refractivity contribution in [3.63, 3.8) is 0 Å². The maximum absolute atomic E-state index is 12.4. The lowest BCUT2D eigenvalue weighted by Crippen LogP contribution is -2.50. The molecule has 4 nitrogen and oxygen atoms in total.